The van der Waals surface area contributed by atoms with Crippen LogP contribution >= 0.6 is 0 Å². The summed E-state index contributed by atoms with van der Waals surface area (Å²) in [5.74, 6) is 1.05. The number of allylic oxidation sites excluding steroid dienone is 1. The molecule has 0 bridgehead atoms. The van der Waals surface area contributed by atoms with Gasteiger partial charge in [-0.15, -0.1) is 0 Å². The van der Waals surface area contributed by atoms with E-state index in [-0.39, 0.29) is 5.97 Å². The summed E-state index contributed by atoms with van der Waals surface area (Å²) in [5.41, 5.74) is 2.40. The molecule has 4 nitrogen and oxygen atoms in total. The van der Waals surface area contributed by atoms with Crippen molar-refractivity contribution in [3.05, 3.63) is 65.5 Å². The smallest absolute Gasteiger partial charge is 0.344 e. The van der Waals surface area contributed by atoms with Crippen LogP contribution in [0.2, 0.25) is 0 Å². The van der Waals surface area contributed by atoms with E-state index in [0.29, 0.717) is 23.7 Å². The third-order valence-electron chi connectivity index (χ3n) is 3.43. The van der Waals surface area contributed by atoms with Crippen LogP contribution in [0.15, 0.2) is 48.8 Å². The topological polar surface area (TPSA) is 48.4 Å². The van der Waals surface area contributed by atoms with Crippen molar-refractivity contribution in [2.75, 3.05) is 0 Å². The van der Waals surface area contributed by atoms with Crippen LogP contribution in [0.25, 0.3) is 5.76 Å². The largest absolute Gasteiger partial charge is 0.489 e. The number of benzene rings is 1. The molecule has 0 saturated heterocycles. The summed E-state index contributed by atoms with van der Waals surface area (Å²) in [6.45, 7) is 2.53. The summed E-state index contributed by atoms with van der Waals surface area (Å²) in [4.78, 5) is 15.9. The van der Waals surface area contributed by atoms with Crippen LogP contribution in [0.3, 0.4) is 0 Å². The van der Waals surface area contributed by atoms with Crippen molar-refractivity contribution in [3.63, 3.8) is 0 Å². The van der Waals surface area contributed by atoms with Crippen LogP contribution in [-0.2, 0) is 11.3 Å². The molecule has 0 amide bonds. The van der Waals surface area contributed by atoms with E-state index in [1.807, 2.05) is 24.3 Å². The Kier molecular flexibility index (Phi) is 4.19. The number of carbonyl (C=O) groups excluding carboxylic acids is 1. The summed E-state index contributed by atoms with van der Waals surface area (Å²) in [5, 5.41) is 0. The summed E-state index contributed by atoms with van der Waals surface area (Å²) in [6, 6.07) is 9.24. The van der Waals surface area contributed by atoms with Gasteiger partial charge in [0.15, 0.2) is 0 Å². The molecule has 112 valence electrons. The van der Waals surface area contributed by atoms with Crippen molar-refractivity contribution < 1.29 is 14.3 Å². The highest BCUT2D eigenvalue weighted by Crippen LogP contribution is 2.33. The minimum Gasteiger partial charge on any atom is -0.489 e. The zero-order valence-electron chi connectivity index (χ0n) is 12.4. The van der Waals surface area contributed by atoms with Gasteiger partial charge in [0.25, 0.3) is 0 Å². The molecule has 1 aromatic carbocycles. The number of esters is 1. The maximum absolute atomic E-state index is 11.8. The maximum atomic E-state index is 11.8. The van der Waals surface area contributed by atoms with Gasteiger partial charge in [-0.25, -0.2) is 4.79 Å². The summed E-state index contributed by atoms with van der Waals surface area (Å²) in [6.07, 6.45) is 7.34. The molecule has 2 aromatic rings. The van der Waals surface area contributed by atoms with E-state index >= 15 is 0 Å². The highest BCUT2D eigenvalue weighted by atomic mass is 16.5. The number of hydrogen-bond acceptors (Lipinski definition) is 4. The van der Waals surface area contributed by atoms with Gasteiger partial charge in [-0.05, 0) is 36.8 Å². The lowest BCUT2D eigenvalue weighted by Crippen LogP contribution is -1.97. The molecule has 22 heavy (non-hydrogen) atoms. The van der Waals surface area contributed by atoms with Gasteiger partial charge in [0.1, 0.15) is 18.1 Å². The zero-order chi connectivity index (χ0) is 15.4. The highest BCUT2D eigenvalue weighted by Gasteiger charge is 2.26. The molecule has 0 N–H and O–H groups in total. The number of aromatic nitrogens is 1. The Morgan fingerprint density at radius 1 is 1.27 bits per heavy atom. The van der Waals surface area contributed by atoms with Gasteiger partial charge in [0, 0.05) is 23.5 Å². The Morgan fingerprint density at radius 3 is 2.95 bits per heavy atom. The average molecular weight is 295 g/mol. The van der Waals surface area contributed by atoms with Crippen molar-refractivity contribution in [3.8, 4) is 5.75 Å². The lowest BCUT2D eigenvalue weighted by atomic mass is 10.1. The summed E-state index contributed by atoms with van der Waals surface area (Å²) >= 11 is 0. The van der Waals surface area contributed by atoms with E-state index < -0.39 is 0 Å². The number of pyridine rings is 1. The van der Waals surface area contributed by atoms with E-state index in [0.717, 1.165) is 24.0 Å². The Bertz CT molecular complexity index is 708. The van der Waals surface area contributed by atoms with Crippen molar-refractivity contribution in [1.29, 1.82) is 0 Å². The van der Waals surface area contributed by atoms with Crippen molar-refractivity contribution >= 4 is 11.7 Å². The molecule has 1 aliphatic heterocycles. The fourth-order valence-corrected chi connectivity index (χ4v) is 2.28. The van der Waals surface area contributed by atoms with Crippen LogP contribution in [0.5, 0.6) is 5.75 Å². The van der Waals surface area contributed by atoms with E-state index in [1.165, 1.54) is 0 Å². The molecule has 3 rings (SSSR count). The van der Waals surface area contributed by atoms with Crippen LogP contribution in [-0.4, -0.2) is 11.0 Å². The normalized spacial score (nSPS) is 14.8. The summed E-state index contributed by atoms with van der Waals surface area (Å²) < 4.78 is 11.1. The summed E-state index contributed by atoms with van der Waals surface area (Å²) in [7, 11) is 0. The lowest BCUT2D eigenvalue weighted by Gasteiger charge is -2.07. The molecule has 0 aliphatic carbocycles. The molecule has 1 aromatic heterocycles. The van der Waals surface area contributed by atoms with E-state index in [2.05, 4.69) is 11.9 Å². The number of nitrogens with zero attached hydrogens (tertiary/aromatic N) is 1. The molecule has 0 fully saturated rings. The van der Waals surface area contributed by atoms with Gasteiger partial charge in [-0.2, -0.15) is 0 Å². The van der Waals surface area contributed by atoms with E-state index in [9.17, 15) is 4.79 Å². The first-order valence-corrected chi connectivity index (χ1v) is 7.36. The average Bonchev–Trinajstić information content (AvgIpc) is 2.88. The highest BCUT2D eigenvalue weighted by molar-refractivity contribution is 6.03. The second-order valence-corrected chi connectivity index (χ2v) is 5.10. The molecule has 0 radical (unpaired) electrons. The Hall–Kier alpha value is -2.62. The number of rotatable bonds is 5. The quantitative estimate of drug-likeness (QED) is 0.783. The number of fused-ring (bicyclic) bond motifs is 1. The van der Waals surface area contributed by atoms with Gasteiger partial charge in [0.2, 0.25) is 0 Å². The van der Waals surface area contributed by atoms with Crippen LogP contribution in [0.4, 0.5) is 0 Å². The fourth-order valence-electron chi connectivity index (χ4n) is 2.28. The molecule has 0 saturated carbocycles. The molecular formula is C18H17NO3. The fraction of sp³-hybridized carbons (Fsp3) is 0.222. The van der Waals surface area contributed by atoms with Crippen molar-refractivity contribution in [2.45, 2.75) is 26.4 Å². The third-order valence-corrected chi connectivity index (χ3v) is 3.43. The molecule has 2 heterocycles. The molecule has 0 unspecified atom stereocenters. The molecule has 1 aliphatic rings. The number of cyclic esters (lactones) is 1. The van der Waals surface area contributed by atoms with Gasteiger partial charge < -0.3 is 9.47 Å². The van der Waals surface area contributed by atoms with Crippen LogP contribution in [0, 0.1) is 0 Å². The number of carbonyl (C=O) groups is 1. The first-order valence-electron chi connectivity index (χ1n) is 7.36. The van der Waals surface area contributed by atoms with Crippen molar-refractivity contribution in [2.24, 2.45) is 0 Å². The van der Waals surface area contributed by atoms with Crippen LogP contribution in [0.1, 0.15) is 41.3 Å². The Labute approximate surface area is 129 Å². The standard InChI is InChI=1S/C18H17NO3/c1-2-3-6-17-16-10-14(7-8-15(16)18(20)22-17)21-12-13-5-4-9-19-11-13/h4-11H,2-3,12H2,1H3/b17-6-. The van der Waals surface area contributed by atoms with Gasteiger partial charge in [-0.3, -0.25) is 4.98 Å². The lowest BCUT2D eigenvalue weighted by molar-refractivity contribution is 0.0715. The van der Waals surface area contributed by atoms with Crippen molar-refractivity contribution in [1.82, 2.24) is 4.98 Å². The predicted molar refractivity (Wildman–Crippen MR) is 83.3 cm³/mol. The maximum Gasteiger partial charge on any atom is 0.344 e. The zero-order valence-corrected chi connectivity index (χ0v) is 12.4. The van der Waals surface area contributed by atoms with Gasteiger partial charge in [0.05, 0.1) is 5.56 Å². The van der Waals surface area contributed by atoms with Crippen LogP contribution < -0.4 is 4.74 Å². The molecule has 4 heteroatoms. The second-order valence-electron chi connectivity index (χ2n) is 5.10. The number of unbranched alkanes of at least 4 members (excludes halogenated alkanes) is 1. The molecule has 0 spiro atoms. The predicted octanol–water partition coefficient (Wildman–Crippen LogP) is 3.97. The first kappa shape index (κ1) is 14.3. The first-order chi connectivity index (χ1) is 10.8. The SMILES string of the molecule is CCC/C=C1\OC(=O)c2ccc(OCc3cccnc3)cc21. The third kappa shape index (κ3) is 3.01. The Morgan fingerprint density at radius 2 is 2.18 bits per heavy atom. The minimum atomic E-state index is -0.295. The molecular weight excluding hydrogens is 278 g/mol. The second kappa shape index (κ2) is 6.43. The number of ether oxygens (including phenoxy) is 2. The van der Waals surface area contributed by atoms with Gasteiger partial charge in [-0.1, -0.05) is 19.4 Å². The molecule has 0 atom stereocenters. The van der Waals surface area contributed by atoms with Gasteiger partial charge >= 0.3 is 5.97 Å². The van der Waals surface area contributed by atoms with E-state index in [1.54, 1.807) is 24.5 Å². The monoisotopic (exact) mass is 295 g/mol. The Balaban J connectivity index is 1.79. The number of hydrogen-bond donors (Lipinski definition) is 0. The minimum absolute atomic E-state index is 0.295. The van der Waals surface area contributed by atoms with E-state index in [4.69, 9.17) is 9.47 Å².